The Bertz CT molecular complexity index is 1450. The lowest BCUT2D eigenvalue weighted by atomic mass is 9.91. The van der Waals surface area contributed by atoms with E-state index in [1.165, 1.54) is 29.0 Å². The van der Waals surface area contributed by atoms with Gasteiger partial charge in [-0.3, -0.25) is 4.40 Å². The van der Waals surface area contributed by atoms with Gasteiger partial charge in [0.15, 0.2) is 5.13 Å². The summed E-state index contributed by atoms with van der Waals surface area (Å²) in [5.41, 5.74) is 4.13. The van der Waals surface area contributed by atoms with Gasteiger partial charge in [-0.1, -0.05) is 17.4 Å². The predicted octanol–water partition coefficient (Wildman–Crippen LogP) is 4.79. The second kappa shape index (κ2) is 11.4. The summed E-state index contributed by atoms with van der Waals surface area (Å²) in [6, 6.07) is 12.4. The van der Waals surface area contributed by atoms with E-state index in [0.717, 1.165) is 48.7 Å². The third-order valence-corrected chi connectivity index (χ3v) is 9.21. The van der Waals surface area contributed by atoms with Gasteiger partial charge in [0.2, 0.25) is 0 Å². The zero-order chi connectivity index (χ0) is 26.8. The molecule has 1 aliphatic heterocycles. The quantitative estimate of drug-likeness (QED) is 0.314. The molecule has 0 amide bonds. The van der Waals surface area contributed by atoms with Gasteiger partial charge in [0.25, 0.3) is 0 Å². The van der Waals surface area contributed by atoms with Gasteiger partial charge in [-0.15, -0.1) is 4.31 Å². The molecule has 0 aliphatic carbocycles. The molecule has 1 fully saturated rings. The summed E-state index contributed by atoms with van der Waals surface area (Å²) in [6.45, 7) is 1.41. The fourth-order valence-electron chi connectivity index (χ4n) is 5.00. The molecule has 1 atom stereocenters. The van der Waals surface area contributed by atoms with Crippen LogP contribution in [0.4, 0.5) is 15.3 Å². The van der Waals surface area contributed by atoms with Crippen LogP contribution in [-0.4, -0.2) is 54.7 Å². The number of piperidine rings is 1. The zero-order valence-corrected chi connectivity index (χ0v) is 22.9. The third kappa shape index (κ3) is 5.28. The molecule has 4 heterocycles. The molecule has 0 saturated carbocycles. The van der Waals surface area contributed by atoms with Crippen LogP contribution in [0.2, 0.25) is 0 Å². The first-order chi connectivity index (χ1) is 18.4. The number of hydrogen-bond donors (Lipinski definition) is 1. The van der Waals surface area contributed by atoms with E-state index in [2.05, 4.69) is 22.7 Å². The van der Waals surface area contributed by atoms with Crippen LogP contribution in [-0.2, 0) is 24.4 Å². The molecular weight excluding hydrogens is 523 g/mol. The summed E-state index contributed by atoms with van der Waals surface area (Å²) in [6.07, 6.45) is 6.54. The first-order valence-electron chi connectivity index (χ1n) is 12.5. The molecule has 0 radical (unpaired) electrons. The molecule has 1 saturated heterocycles. The number of nitriles is 1. The number of rotatable bonds is 8. The second-order valence-corrected chi connectivity index (χ2v) is 11.8. The Labute approximate surface area is 228 Å². The van der Waals surface area contributed by atoms with E-state index >= 15 is 0 Å². The number of imidazole rings is 1. The molecule has 11 heteroatoms. The predicted molar refractivity (Wildman–Crippen MR) is 148 cm³/mol. The maximum atomic E-state index is 13.5. The average molecular weight is 553 g/mol. The molecule has 1 unspecified atom stereocenters. The molecule has 1 N–H and O–H groups in total. The van der Waals surface area contributed by atoms with Crippen molar-refractivity contribution in [2.45, 2.75) is 38.2 Å². The summed E-state index contributed by atoms with van der Waals surface area (Å²) >= 11 is 0.422. The van der Waals surface area contributed by atoms with Gasteiger partial charge >= 0.3 is 0 Å². The number of benzene rings is 1. The van der Waals surface area contributed by atoms with Crippen molar-refractivity contribution in [2.24, 2.45) is 0 Å². The van der Waals surface area contributed by atoms with Crippen molar-refractivity contribution in [3.8, 4) is 17.3 Å². The van der Waals surface area contributed by atoms with Crippen molar-refractivity contribution in [1.29, 1.82) is 5.26 Å². The van der Waals surface area contributed by atoms with E-state index in [9.17, 15) is 19.3 Å². The largest absolute Gasteiger partial charge is 0.598 e. The molecule has 4 aromatic rings. The fraction of sp³-hybridized carbons (Fsp3) is 0.370. The van der Waals surface area contributed by atoms with Crippen molar-refractivity contribution < 1.29 is 14.0 Å². The number of aliphatic hydroxyl groups is 1. The molecule has 1 aromatic carbocycles. The third-order valence-electron chi connectivity index (χ3n) is 7.00. The highest BCUT2D eigenvalue weighted by molar-refractivity contribution is 7.88. The number of fused-ring (bicyclic) bond motifs is 1. The van der Waals surface area contributed by atoms with Crippen LogP contribution in [0.25, 0.3) is 16.9 Å². The summed E-state index contributed by atoms with van der Waals surface area (Å²) < 4.78 is 29.4. The molecule has 8 nitrogen and oxygen atoms in total. The summed E-state index contributed by atoms with van der Waals surface area (Å²) in [5.74, 6) is 0.852. The van der Waals surface area contributed by atoms with E-state index in [4.69, 9.17) is 9.97 Å². The Morgan fingerprint density at radius 3 is 2.61 bits per heavy atom. The minimum Gasteiger partial charge on any atom is -0.598 e. The standard InChI is InChI=1S/C27H29FN6O2S2/c1-32(27-31-25(23(17-35)37-27)19-5-8-21(28)9-6-19)26-22(4-3-13-29)30-24-10-7-20(16-34(24)26)18-11-14-33(15-12-18)38(2)36/h5-10,16,18,35H,3-4,11-12,14-15,17H2,1-2H3. The number of thiazole rings is 1. The van der Waals surface area contributed by atoms with Gasteiger partial charge in [0, 0.05) is 56.1 Å². The minimum atomic E-state index is -0.950. The van der Waals surface area contributed by atoms with Crippen LogP contribution in [0.3, 0.4) is 0 Å². The van der Waals surface area contributed by atoms with E-state index in [0.29, 0.717) is 34.5 Å². The number of anilines is 2. The monoisotopic (exact) mass is 552 g/mol. The number of halogens is 1. The lowest BCUT2D eigenvalue weighted by Crippen LogP contribution is -2.37. The normalized spacial score (nSPS) is 15.6. The summed E-state index contributed by atoms with van der Waals surface area (Å²) in [7, 11) is 1.91. The van der Waals surface area contributed by atoms with Crippen LogP contribution >= 0.6 is 11.3 Å². The van der Waals surface area contributed by atoms with E-state index < -0.39 is 11.4 Å². The Morgan fingerprint density at radius 1 is 1.21 bits per heavy atom. The number of nitrogens with zero attached hydrogens (tertiary/aromatic N) is 6. The van der Waals surface area contributed by atoms with Gasteiger partial charge in [-0.2, -0.15) is 5.26 Å². The van der Waals surface area contributed by atoms with Gasteiger partial charge in [-0.25, -0.2) is 14.4 Å². The van der Waals surface area contributed by atoms with Crippen LogP contribution in [0.5, 0.6) is 0 Å². The van der Waals surface area contributed by atoms with Crippen molar-refractivity contribution in [1.82, 2.24) is 18.7 Å². The van der Waals surface area contributed by atoms with Gasteiger partial charge in [0.1, 0.15) is 23.5 Å². The maximum absolute atomic E-state index is 13.5. The average Bonchev–Trinajstić information content (AvgIpc) is 3.53. The van der Waals surface area contributed by atoms with Crippen molar-refractivity contribution >= 4 is 39.3 Å². The first kappa shape index (κ1) is 26.6. The number of pyridine rings is 1. The van der Waals surface area contributed by atoms with Gasteiger partial charge in [0.05, 0.1) is 28.9 Å². The zero-order valence-electron chi connectivity index (χ0n) is 21.3. The van der Waals surface area contributed by atoms with Crippen molar-refractivity contribution in [3.63, 3.8) is 0 Å². The summed E-state index contributed by atoms with van der Waals surface area (Å²) in [5, 5.41) is 20.0. The van der Waals surface area contributed by atoms with Crippen LogP contribution in [0.15, 0.2) is 42.6 Å². The first-order valence-corrected chi connectivity index (χ1v) is 14.8. The van der Waals surface area contributed by atoms with Crippen LogP contribution < -0.4 is 4.90 Å². The van der Waals surface area contributed by atoms with Gasteiger partial charge in [-0.05, 0) is 54.7 Å². The molecule has 3 aromatic heterocycles. The second-order valence-electron chi connectivity index (χ2n) is 9.35. The van der Waals surface area contributed by atoms with E-state index in [1.54, 1.807) is 18.4 Å². The number of hydrogen-bond acceptors (Lipinski definition) is 8. The molecule has 0 spiro atoms. The molecule has 0 bridgehead atoms. The minimum absolute atomic E-state index is 0.182. The smallest absolute Gasteiger partial charge is 0.191 e. The van der Waals surface area contributed by atoms with Crippen molar-refractivity contribution in [3.05, 3.63) is 64.5 Å². The Hall–Kier alpha value is -3.01. The Kier molecular flexibility index (Phi) is 7.97. The van der Waals surface area contributed by atoms with E-state index in [-0.39, 0.29) is 12.4 Å². The molecule has 5 rings (SSSR count). The van der Waals surface area contributed by atoms with Crippen LogP contribution in [0, 0.1) is 17.1 Å². The molecule has 198 valence electrons. The lowest BCUT2D eigenvalue weighted by Gasteiger charge is -2.30. The van der Waals surface area contributed by atoms with Crippen LogP contribution in [0.1, 0.15) is 41.3 Å². The number of aryl methyl sites for hydroxylation is 1. The number of aromatic nitrogens is 3. The maximum Gasteiger partial charge on any atom is 0.191 e. The highest BCUT2D eigenvalue weighted by Gasteiger charge is 2.27. The molecule has 38 heavy (non-hydrogen) atoms. The topological polar surface area (TPSA) is 104 Å². The Balaban J connectivity index is 1.53. The highest BCUT2D eigenvalue weighted by Crippen LogP contribution is 2.38. The number of aliphatic hydroxyl groups excluding tert-OH is 1. The van der Waals surface area contributed by atoms with E-state index in [1.807, 2.05) is 22.3 Å². The fourth-order valence-corrected chi connectivity index (χ4v) is 6.63. The lowest BCUT2D eigenvalue weighted by molar-refractivity contribution is 0.286. The SMILES string of the molecule is CN(c1nc(-c2ccc(F)cc2)c(CO)s1)c1c(CCC#N)nc2ccc(C3CCN([S+](C)[O-])CC3)cn12. The highest BCUT2D eigenvalue weighted by atomic mass is 32.2. The summed E-state index contributed by atoms with van der Waals surface area (Å²) in [4.78, 5) is 12.3. The molecule has 1 aliphatic rings. The van der Waals surface area contributed by atoms with Gasteiger partial charge < -0.3 is 14.6 Å². The van der Waals surface area contributed by atoms with Crippen molar-refractivity contribution in [2.75, 3.05) is 31.3 Å². The molecular formula is C27H29FN6O2S2. The Morgan fingerprint density at radius 2 is 1.95 bits per heavy atom.